The van der Waals surface area contributed by atoms with Crippen molar-refractivity contribution in [3.05, 3.63) is 61.4 Å². The Morgan fingerprint density at radius 1 is 1.00 bits per heavy atom. The number of amides is 1. The molecular formula is C16H8Cl4N2OS2. The van der Waals surface area contributed by atoms with E-state index in [0.29, 0.717) is 30.7 Å². The van der Waals surface area contributed by atoms with Gasteiger partial charge in [0.2, 0.25) is 0 Å². The van der Waals surface area contributed by atoms with E-state index in [1.165, 1.54) is 11.3 Å². The molecule has 25 heavy (non-hydrogen) atoms. The fourth-order valence-corrected chi connectivity index (χ4v) is 4.28. The van der Waals surface area contributed by atoms with Crippen LogP contribution in [0.2, 0.25) is 20.1 Å². The summed E-state index contributed by atoms with van der Waals surface area (Å²) in [5, 5.41) is 8.11. The maximum Gasteiger partial charge on any atom is 0.269 e. The molecule has 0 aliphatic heterocycles. The Kier molecular flexibility index (Phi) is 5.73. The van der Waals surface area contributed by atoms with Crippen molar-refractivity contribution in [1.29, 1.82) is 0 Å². The molecule has 0 aliphatic rings. The third-order valence-electron chi connectivity index (χ3n) is 3.20. The minimum absolute atomic E-state index is 0.120. The van der Waals surface area contributed by atoms with Crippen molar-refractivity contribution in [3.8, 4) is 0 Å². The molecule has 3 rings (SSSR count). The second-order valence-electron chi connectivity index (χ2n) is 4.92. The molecule has 0 saturated carbocycles. The Morgan fingerprint density at radius 3 is 2.48 bits per heavy atom. The van der Waals surface area contributed by atoms with Crippen molar-refractivity contribution in [3.63, 3.8) is 0 Å². The Hall–Kier alpha value is -1.08. The van der Waals surface area contributed by atoms with Crippen molar-refractivity contribution in [2.45, 2.75) is 0 Å². The minimum Gasteiger partial charge on any atom is -0.332 e. The number of carbonyl (C=O) groups excluding carboxylic acids is 1. The first-order valence-electron chi connectivity index (χ1n) is 6.80. The Bertz CT molecular complexity index is 1000. The van der Waals surface area contributed by atoms with Gasteiger partial charge in [-0.15, -0.1) is 11.3 Å². The molecule has 2 N–H and O–H groups in total. The third-order valence-corrected chi connectivity index (χ3v) is 6.04. The minimum atomic E-state index is -0.403. The smallest absolute Gasteiger partial charge is 0.269 e. The van der Waals surface area contributed by atoms with Crippen LogP contribution in [0.4, 0.5) is 5.69 Å². The van der Waals surface area contributed by atoms with Crippen LogP contribution >= 0.6 is 70.0 Å². The first-order chi connectivity index (χ1) is 11.8. The standard InChI is InChI=1S/C16H8Cl4N2OS2/c17-7-1-3-9-12(5-7)25-14(13(9)20)15(23)22-16(24)21-8-2-4-10(18)11(19)6-8/h1-6H,(H2,21,22,23,24). The average Bonchev–Trinajstić information content (AvgIpc) is 2.87. The average molecular weight is 450 g/mol. The van der Waals surface area contributed by atoms with Gasteiger partial charge in [-0.2, -0.15) is 0 Å². The molecule has 0 unspecified atom stereocenters. The first-order valence-corrected chi connectivity index (χ1v) is 9.54. The molecule has 1 amide bonds. The number of anilines is 1. The van der Waals surface area contributed by atoms with Crippen LogP contribution in [0, 0.1) is 0 Å². The molecule has 0 spiro atoms. The van der Waals surface area contributed by atoms with Gasteiger partial charge in [0.25, 0.3) is 5.91 Å². The molecule has 3 nitrogen and oxygen atoms in total. The summed E-state index contributed by atoms with van der Waals surface area (Å²) in [5.74, 6) is -0.403. The van der Waals surface area contributed by atoms with Crippen molar-refractivity contribution in [2.75, 3.05) is 5.32 Å². The molecule has 3 aromatic rings. The van der Waals surface area contributed by atoms with Gasteiger partial charge in [0.05, 0.1) is 15.1 Å². The molecule has 0 saturated heterocycles. The zero-order chi connectivity index (χ0) is 18.1. The lowest BCUT2D eigenvalue weighted by molar-refractivity contribution is 0.0982. The molecule has 1 aromatic heterocycles. The monoisotopic (exact) mass is 448 g/mol. The van der Waals surface area contributed by atoms with Gasteiger partial charge in [-0.1, -0.05) is 52.5 Å². The number of rotatable bonds is 2. The van der Waals surface area contributed by atoms with E-state index in [2.05, 4.69) is 10.6 Å². The zero-order valence-electron chi connectivity index (χ0n) is 12.2. The lowest BCUT2D eigenvalue weighted by Gasteiger charge is -2.09. The highest BCUT2D eigenvalue weighted by atomic mass is 35.5. The van der Waals surface area contributed by atoms with Crippen molar-refractivity contribution in [1.82, 2.24) is 5.32 Å². The van der Waals surface area contributed by atoms with Gasteiger partial charge < -0.3 is 5.32 Å². The van der Waals surface area contributed by atoms with E-state index in [1.54, 1.807) is 36.4 Å². The number of nitrogens with one attached hydrogen (secondary N) is 2. The van der Waals surface area contributed by atoms with E-state index < -0.39 is 5.91 Å². The number of hydrogen-bond acceptors (Lipinski definition) is 3. The van der Waals surface area contributed by atoms with Crippen molar-refractivity contribution < 1.29 is 4.79 Å². The summed E-state index contributed by atoms with van der Waals surface area (Å²) in [5.41, 5.74) is 0.605. The zero-order valence-corrected chi connectivity index (χ0v) is 16.9. The Labute approximate surface area is 172 Å². The highest BCUT2D eigenvalue weighted by molar-refractivity contribution is 7.80. The molecule has 128 valence electrons. The maximum atomic E-state index is 12.4. The summed E-state index contributed by atoms with van der Waals surface area (Å²) in [6.07, 6.45) is 0. The van der Waals surface area contributed by atoms with Crippen LogP contribution in [0.3, 0.4) is 0 Å². The van der Waals surface area contributed by atoms with Gasteiger partial charge in [0, 0.05) is 20.8 Å². The topological polar surface area (TPSA) is 41.1 Å². The van der Waals surface area contributed by atoms with Gasteiger partial charge >= 0.3 is 0 Å². The van der Waals surface area contributed by atoms with E-state index in [0.717, 1.165) is 10.1 Å². The van der Waals surface area contributed by atoms with E-state index in [-0.39, 0.29) is 5.11 Å². The molecule has 0 bridgehead atoms. The maximum absolute atomic E-state index is 12.4. The third kappa shape index (κ3) is 4.19. The second kappa shape index (κ2) is 7.66. The highest BCUT2D eigenvalue weighted by Crippen LogP contribution is 2.36. The number of hydrogen-bond donors (Lipinski definition) is 2. The highest BCUT2D eigenvalue weighted by Gasteiger charge is 2.18. The molecule has 0 aliphatic carbocycles. The lowest BCUT2D eigenvalue weighted by atomic mass is 10.2. The summed E-state index contributed by atoms with van der Waals surface area (Å²) < 4.78 is 0.825. The van der Waals surface area contributed by atoms with E-state index in [9.17, 15) is 4.79 Å². The fraction of sp³-hybridized carbons (Fsp3) is 0. The largest absolute Gasteiger partial charge is 0.332 e. The molecule has 2 aromatic carbocycles. The lowest BCUT2D eigenvalue weighted by Crippen LogP contribution is -2.33. The van der Waals surface area contributed by atoms with Gasteiger partial charge in [-0.3, -0.25) is 10.1 Å². The second-order valence-corrected chi connectivity index (χ2v) is 8.01. The number of thiophene rings is 1. The Morgan fingerprint density at radius 2 is 1.76 bits per heavy atom. The van der Waals surface area contributed by atoms with Crippen LogP contribution in [0.15, 0.2) is 36.4 Å². The van der Waals surface area contributed by atoms with Crippen LogP contribution in [0.1, 0.15) is 9.67 Å². The van der Waals surface area contributed by atoms with Crippen LogP contribution in [-0.2, 0) is 0 Å². The molecule has 0 atom stereocenters. The predicted octanol–water partition coefficient (Wildman–Crippen LogP) is 6.64. The van der Waals surface area contributed by atoms with Crippen LogP contribution < -0.4 is 10.6 Å². The molecule has 1 heterocycles. The normalized spacial score (nSPS) is 10.7. The molecular weight excluding hydrogens is 442 g/mol. The molecule has 0 fully saturated rings. The van der Waals surface area contributed by atoms with E-state index in [4.69, 9.17) is 58.6 Å². The van der Waals surface area contributed by atoms with E-state index >= 15 is 0 Å². The number of halogens is 4. The van der Waals surface area contributed by atoms with Crippen molar-refractivity contribution in [2.24, 2.45) is 0 Å². The number of thiocarbonyl (C=S) groups is 1. The molecule has 0 radical (unpaired) electrons. The van der Waals surface area contributed by atoms with Gasteiger partial charge in [0.1, 0.15) is 4.88 Å². The molecule has 9 heteroatoms. The van der Waals surface area contributed by atoms with Crippen LogP contribution in [-0.4, -0.2) is 11.0 Å². The predicted molar refractivity (Wildman–Crippen MR) is 112 cm³/mol. The summed E-state index contributed by atoms with van der Waals surface area (Å²) in [6, 6.07) is 10.2. The van der Waals surface area contributed by atoms with Gasteiger partial charge in [-0.25, -0.2) is 0 Å². The van der Waals surface area contributed by atoms with Gasteiger partial charge in [-0.05, 0) is 42.5 Å². The van der Waals surface area contributed by atoms with Crippen molar-refractivity contribution >= 4 is 96.8 Å². The SMILES string of the molecule is O=C(NC(=S)Nc1ccc(Cl)c(Cl)c1)c1sc2cc(Cl)ccc2c1Cl. The summed E-state index contributed by atoms with van der Waals surface area (Å²) >= 11 is 30.5. The fourth-order valence-electron chi connectivity index (χ4n) is 2.08. The summed E-state index contributed by atoms with van der Waals surface area (Å²) in [4.78, 5) is 12.8. The van der Waals surface area contributed by atoms with Crippen LogP contribution in [0.25, 0.3) is 10.1 Å². The van der Waals surface area contributed by atoms with E-state index in [1.807, 2.05) is 0 Å². The van der Waals surface area contributed by atoms with Crippen LogP contribution in [0.5, 0.6) is 0 Å². The summed E-state index contributed by atoms with van der Waals surface area (Å²) in [6.45, 7) is 0. The number of carbonyl (C=O) groups is 1. The number of benzene rings is 2. The number of fused-ring (bicyclic) bond motifs is 1. The Balaban J connectivity index is 1.76. The quantitative estimate of drug-likeness (QED) is 0.430. The first kappa shape index (κ1) is 18.7. The summed E-state index contributed by atoms with van der Waals surface area (Å²) in [7, 11) is 0. The van der Waals surface area contributed by atoms with Gasteiger partial charge in [0.15, 0.2) is 5.11 Å².